The van der Waals surface area contributed by atoms with Gasteiger partial charge in [0.25, 0.3) is 11.8 Å². The Kier molecular flexibility index (Phi) is 4.72. The number of benzene rings is 2. The van der Waals surface area contributed by atoms with Crippen molar-refractivity contribution in [3.05, 3.63) is 64.2 Å². The minimum Gasteiger partial charge on any atom is -0.355 e. The van der Waals surface area contributed by atoms with Crippen LogP contribution in [0.15, 0.2) is 36.4 Å². The second kappa shape index (κ2) is 6.53. The van der Waals surface area contributed by atoms with Crippen LogP contribution in [0.1, 0.15) is 20.7 Å². The standard InChI is InChI=1S/C15H11ClF2N2O2/c1-19-14(21)8-3-2-4-9(5-8)20-15(22)10-6-12(17)13(18)7-11(10)16/h2-7H,1H3,(H,19,21)(H,20,22). The Morgan fingerprint density at radius 3 is 2.41 bits per heavy atom. The first-order chi connectivity index (χ1) is 10.4. The molecule has 0 unspecified atom stereocenters. The molecule has 0 atom stereocenters. The summed E-state index contributed by atoms with van der Waals surface area (Å²) in [6.07, 6.45) is 0. The van der Waals surface area contributed by atoms with Crippen LogP contribution in [0.5, 0.6) is 0 Å². The topological polar surface area (TPSA) is 58.2 Å². The highest BCUT2D eigenvalue weighted by Crippen LogP contribution is 2.21. The molecular weight excluding hydrogens is 314 g/mol. The van der Waals surface area contributed by atoms with Gasteiger partial charge >= 0.3 is 0 Å². The van der Waals surface area contributed by atoms with E-state index in [9.17, 15) is 18.4 Å². The fraction of sp³-hybridized carbons (Fsp3) is 0.0667. The SMILES string of the molecule is CNC(=O)c1cccc(NC(=O)c2cc(F)c(F)cc2Cl)c1. The molecule has 0 aliphatic rings. The summed E-state index contributed by atoms with van der Waals surface area (Å²) in [5, 5.41) is 4.72. The molecule has 7 heteroatoms. The molecule has 0 heterocycles. The molecule has 0 aliphatic carbocycles. The number of hydrogen-bond donors (Lipinski definition) is 2. The summed E-state index contributed by atoms with van der Waals surface area (Å²) in [5.41, 5.74) is 0.467. The van der Waals surface area contributed by atoms with Gasteiger partial charge in [-0.1, -0.05) is 17.7 Å². The molecule has 0 radical (unpaired) electrons. The van der Waals surface area contributed by atoms with Gasteiger partial charge in [0, 0.05) is 18.3 Å². The smallest absolute Gasteiger partial charge is 0.257 e. The van der Waals surface area contributed by atoms with Crippen LogP contribution < -0.4 is 10.6 Å². The van der Waals surface area contributed by atoms with Crippen LogP contribution in [0.25, 0.3) is 0 Å². The molecule has 2 aromatic carbocycles. The van der Waals surface area contributed by atoms with Crippen LogP contribution in [0, 0.1) is 11.6 Å². The molecule has 2 aromatic rings. The lowest BCUT2D eigenvalue weighted by atomic mass is 10.1. The van der Waals surface area contributed by atoms with E-state index in [1.54, 1.807) is 18.2 Å². The number of hydrogen-bond acceptors (Lipinski definition) is 2. The maximum Gasteiger partial charge on any atom is 0.257 e. The monoisotopic (exact) mass is 324 g/mol. The third kappa shape index (κ3) is 3.40. The normalized spacial score (nSPS) is 10.2. The molecule has 0 aliphatic heterocycles. The number of amides is 2. The predicted molar refractivity (Wildman–Crippen MR) is 79.2 cm³/mol. The Balaban J connectivity index is 2.26. The summed E-state index contributed by atoms with van der Waals surface area (Å²) >= 11 is 5.74. The highest BCUT2D eigenvalue weighted by atomic mass is 35.5. The van der Waals surface area contributed by atoms with Crippen LogP contribution in [-0.2, 0) is 0 Å². The molecule has 2 amide bonds. The third-order valence-electron chi connectivity index (χ3n) is 2.86. The summed E-state index contributed by atoms with van der Waals surface area (Å²) in [6, 6.07) is 7.59. The molecule has 0 saturated heterocycles. The lowest BCUT2D eigenvalue weighted by Gasteiger charge is -2.08. The van der Waals surface area contributed by atoms with Gasteiger partial charge in [0.2, 0.25) is 0 Å². The molecule has 0 bridgehead atoms. The van der Waals surface area contributed by atoms with Gasteiger partial charge in [-0.25, -0.2) is 8.78 Å². The van der Waals surface area contributed by atoms with E-state index < -0.39 is 17.5 Å². The van der Waals surface area contributed by atoms with Gasteiger partial charge in [0.15, 0.2) is 11.6 Å². The van der Waals surface area contributed by atoms with E-state index in [2.05, 4.69) is 10.6 Å². The van der Waals surface area contributed by atoms with Crippen molar-refractivity contribution < 1.29 is 18.4 Å². The molecule has 22 heavy (non-hydrogen) atoms. The first kappa shape index (κ1) is 15.9. The fourth-order valence-electron chi connectivity index (χ4n) is 1.78. The highest BCUT2D eigenvalue weighted by Gasteiger charge is 2.15. The average molecular weight is 325 g/mol. The minimum atomic E-state index is -1.17. The third-order valence-corrected chi connectivity index (χ3v) is 3.18. The number of carbonyl (C=O) groups is 2. The van der Waals surface area contributed by atoms with Crippen molar-refractivity contribution in [3.63, 3.8) is 0 Å². The molecule has 0 saturated carbocycles. The molecule has 0 spiro atoms. The van der Waals surface area contributed by atoms with Crippen LogP contribution in [0.4, 0.5) is 14.5 Å². The van der Waals surface area contributed by atoms with E-state index in [1.807, 2.05) is 0 Å². The molecule has 4 nitrogen and oxygen atoms in total. The fourth-order valence-corrected chi connectivity index (χ4v) is 2.01. The molecule has 0 aromatic heterocycles. The van der Waals surface area contributed by atoms with Crippen molar-refractivity contribution in [1.82, 2.24) is 5.32 Å². The summed E-state index contributed by atoms with van der Waals surface area (Å²) < 4.78 is 26.2. The van der Waals surface area contributed by atoms with Crippen molar-refractivity contribution in [2.75, 3.05) is 12.4 Å². The van der Waals surface area contributed by atoms with E-state index in [0.717, 1.165) is 12.1 Å². The summed E-state index contributed by atoms with van der Waals surface area (Å²) in [5.74, 6) is -3.34. The Morgan fingerprint density at radius 2 is 1.73 bits per heavy atom. The van der Waals surface area contributed by atoms with E-state index in [0.29, 0.717) is 11.3 Å². The molecular formula is C15H11ClF2N2O2. The Morgan fingerprint density at radius 1 is 1.05 bits per heavy atom. The second-order valence-electron chi connectivity index (χ2n) is 4.36. The van der Waals surface area contributed by atoms with Crippen LogP contribution >= 0.6 is 11.6 Å². The van der Waals surface area contributed by atoms with Crippen LogP contribution in [-0.4, -0.2) is 18.9 Å². The summed E-state index contributed by atoms with van der Waals surface area (Å²) in [4.78, 5) is 23.6. The van der Waals surface area contributed by atoms with Crippen molar-refractivity contribution in [2.45, 2.75) is 0 Å². The van der Waals surface area contributed by atoms with Gasteiger partial charge in [0.1, 0.15) is 0 Å². The van der Waals surface area contributed by atoms with Gasteiger partial charge in [-0.2, -0.15) is 0 Å². The number of anilines is 1. The molecule has 2 rings (SSSR count). The van der Waals surface area contributed by atoms with E-state index in [4.69, 9.17) is 11.6 Å². The first-order valence-corrected chi connectivity index (χ1v) is 6.58. The van der Waals surface area contributed by atoms with Gasteiger partial charge in [-0.15, -0.1) is 0 Å². The zero-order chi connectivity index (χ0) is 16.3. The molecule has 0 fully saturated rings. The van der Waals surface area contributed by atoms with Crippen LogP contribution in [0.3, 0.4) is 0 Å². The Hall–Kier alpha value is -2.47. The zero-order valence-electron chi connectivity index (χ0n) is 11.4. The van der Waals surface area contributed by atoms with Crippen molar-refractivity contribution in [1.29, 1.82) is 0 Å². The van der Waals surface area contributed by atoms with Crippen molar-refractivity contribution >= 4 is 29.1 Å². The summed E-state index contributed by atoms with van der Waals surface area (Å²) in [7, 11) is 1.48. The van der Waals surface area contributed by atoms with Gasteiger partial charge < -0.3 is 10.6 Å². The van der Waals surface area contributed by atoms with E-state index in [-0.39, 0.29) is 16.5 Å². The predicted octanol–water partition coefficient (Wildman–Crippen LogP) is 3.23. The van der Waals surface area contributed by atoms with Gasteiger partial charge in [0.05, 0.1) is 10.6 Å². The summed E-state index contributed by atoms with van der Waals surface area (Å²) in [6.45, 7) is 0. The minimum absolute atomic E-state index is 0.203. The Bertz CT molecular complexity index is 750. The number of halogens is 3. The number of carbonyl (C=O) groups excluding carboxylic acids is 2. The molecule has 114 valence electrons. The zero-order valence-corrected chi connectivity index (χ0v) is 12.2. The quantitative estimate of drug-likeness (QED) is 0.852. The average Bonchev–Trinajstić information content (AvgIpc) is 2.50. The van der Waals surface area contributed by atoms with Crippen molar-refractivity contribution in [3.8, 4) is 0 Å². The Labute approximate surface area is 130 Å². The first-order valence-electron chi connectivity index (χ1n) is 6.20. The van der Waals surface area contributed by atoms with Crippen molar-refractivity contribution in [2.24, 2.45) is 0 Å². The lowest BCUT2D eigenvalue weighted by Crippen LogP contribution is -2.18. The maximum absolute atomic E-state index is 13.2. The van der Waals surface area contributed by atoms with E-state index in [1.165, 1.54) is 13.1 Å². The number of rotatable bonds is 3. The largest absolute Gasteiger partial charge is 0.355 e. The van der Waals surface area contributed by atoms with Gasteiger partial charge in [-0.3, -0.25) is 9.59 Å². The van der Waals surface area contributed by atoms with Crippen LogP contribution in [0.2, 0.25) is 5.02 Å². The number of nitrogens with one attached hydrogen (secondary N) is 2. The van der Waals surface area contributed by atoms with Gasteiger partial charge in [-0.05, 0) is 30.3 Å². The highest BCUT2D eigenvalue weighted by molar-refractivity contribution is 6.34. The second-order valence-corrected chi connectivity index (χ2v) is 4.77. The van der Waals surface area contributed by atoms with E-state index >= 15 is 0 Å². The lowest BCUT2D eigenvalue weighted by molar-refractivity contribution is 0.0961. The molecule has 2 N–H and O–H groups in total. The maximum atomic E-state index is 13.2.